The molecular formula is C17H13FIN5O2. The molecule has 0 aliphatic rings. The maximum Gasteiger partial charge on any atom is 0.339 e. The number of anilines is 3. The third kappa shape index (κ3) is 4.63. The van der Waals surface area contributed by atoms with Crippen LogP contribution < -0.4 is 11.1 Å². The Morgan fingerprint density at radius 1 is 1.12 bits per heavy atom. The summed E-state index contributed by atoms with van der Waals surface area (Å²) < 4.78 is 19.0. The molecule has 0 spiro atoms. The number of benzene rings is 2. The number of halogens is 2. The maximum absolute atomic E-state index is 13.0. The molecule has 3 aromatic rings. The van der Waals surface area contributed by atoms with Crippen molar-refractivity contribution in [2.45, 2.75) is 6.61 Å². The van der Waals surface area contributed by atoms with Gasteiger partial charge in [0, 0.05) is 9.26 Å². The fourth-order valence-electron chi connectivity index (χ4n) is 2.06. The van der Waals surface area contributed by atoms with Gasteiger partial charge in [0.25, 0.3) is 0 Å². The van der Waals surface area contributed by atoms with Crippen LogP contribution in [0.15, 0.2) is 48.5 Å². The first-order valence-electron chi connectivity index (χ1n) is 7.46. The van der Waals surface area contributed by atoms with E-state index in [0.29, 0.717) is 11.3 Å². The van der Waals surface area contributed by atoms with Crippen LogP contribution in [0.3, 0.4) is 0 Å². The van der Waals surface area contributed by atoms with Crippen LogP contribution >= 0.6 is 22.6 Å². The second kappa shape index (κ2) is 8.04. The Bertz CT molecular complexity index is 937. The van der Waals surface area contributed by atoms with Crippen LogP contribution in [0.5, 0.6) is 0 Å². The highest BCUT2D eigenvalue weighted by molar-refractivity contribution is 14.1. The molecule has 9 heteroatoms. The molecule has 2 aromatic carbocycles. The minimum absolute atomic E-state index is 0.0232. The number of carbonyl (C=O) groups is 1. The van der Waals surface area contributed by atoms with E-state index in [1.54, 1.807) is 12.1 Å². The van der Waals surface area contributed by atoms with Crippen molar-refractivity contribution in [3.8, 4) is 0 Å². The van der Waals surface area contributed by atoms with Gasteiger partial charge in [-0.25, -0.2) is 9.18 Å². The van der Waals surface area contributed by atoms with Gasteiger partial charge in [-0.1, -0.05) is 12.1 Å². The van der Waals surface area contributed by atoms with E-state index in [2.05, 4.69) is 42.9 Å². The molecule has 7 nitrogen and oxygen atoms in total. The highest BCUT2D eigenvalue weighted by atomic mass is 127. The summed E-state index contributed by atoms with van der Waals surface area (Å²) in [6.07, 6.45) is 0. The fourth-order valence-corrected chi connectivity index (χ4v) is 2.66. The summed E-state index contributed by atoms with van der Waals surface area (Å²) in [4.78, 5) is 24.2. The van der Waals surface area contributed by atoms with Crippen molar-refractivity contribution in [2.24, 2.45) is 0 Å². The van der Waals surface area contributed by atoms with Crippen LogP contribution in [0.2, 0.25) is 0 Å². The maximum atomic E-state index is 13.0. The zero-order chi connectivity index (χ0) is 18.5. The molecule has 0 saturated carbocycles. The molecule has 1 aromatic heterocycles. The van der Waals surface area contributed by atoms with Crippen LogP contribution in [0.25, 0.3) is 0 Å². The van der Waals surface area contributed by atoms with Gasteiger partial charge in [0.05, 0.1) is 5.56 Å². The van der Waals surface area contributed by atoms with E-state index in [9.17, 15) is 9.18 Å². The first kappa shape index (κ1) is 18.0. The second-order valence-electron chi connectivity index (χ2n) is 5.12. The number of rotatable bonds is 5. The molecule has 0 bridgehead atoms. The third-order valence-electron chi connectivity index (χ3n) is 3.23. The quantitative estimate of drug-likeness (QED) is 0.441. The van der Waals surface area contributed by atoms with Gasteiger partial charge in [-0.3, -0.25) is 0 Å². The van der Waals surface area contributed by atoms with Gasteiger partial charge in [0.15, 0.2) is 12.4 Å². The Balaban J connectivity index is 1.70. The summed E-state index contributed by atoms with van der Waals surface area (Å²) in [5, 5.41) is 2.89. The number of hydrogen-bond acceptors (Lipinski definition) is 7. The van der Waals surface area contributed by atoms with Crippen molar-refractivity contribution in [1.29, 1.82) is 0 Å². The molecule has 26 heavy (non-hydrogen) atoms. The zero-order valence-corrected chi connectivity index (χ0v) is 15.5. The molecule has 132 valence electrons. The third-order valence-corrected chi connectivity index (χ3v) is 4.17. The summed E-state index contributed by atoms with van der Waals surface area (Å²) in [6.45, 7) is -0.158. The Morgan fingerprint density at radius 2 is 1.85 bits per heavy atom. The summed E-state index contributed by atoms with van der Waals surface area (Å²) >= 11 is 2.06. The average Bonchev–Trinajstić information content (AvgIpc) is 2.62. The highest BCUT2D eigenvalue weighted by Crippen LogP contribution is 2.16. The molecule has 3 N–H and O–H groups in total. The van der Waals surface area contributed by atoms with Crippen LogP contribution in [0, 0.1) is 9.39 Å². The average molecular weight is 465 g/mol. The molecule has 0 atom stereocenters. The van der Waals surface area contributed by atoms with E-state index in [1.165, 1.54) is 24.3 Å². The molecule has 0 unspecified atom stereocenters. The predicted molar refractivity (Wildman–Crippen MR) is 102 cm³/mol. The Hall–Kier alpha value is -2.82. The zero-order valence-electron chi connectivity index (χ0n) is 13.3. The lowest BCUT2D eigenvalue weighted by molar-refractivity contribution is 0.0461. The van der Waals surface area contributed by atoms with Gasteiger partial charge in [-0.05, 0) is 59.0 Å². The minimum atomic E-state index is -0.484. The van der Waals surface area contributed by atoms with Gasteiger partial charge >= 0.3 is 5.97 Å². The lowest BCUT2D eigenvalue weighted by atomic mass is 10.2. The molecule has 0 fully saturated rings. The van der Waals surface area contributed by atoms with Crippen molar-refractivity contribution >= 4 is 46.1 Å². The molecule has 3 rings (SSSR count). The number of nitrogens with one attached hydrogen (secondary N) is 1. The number of hydrogen-bond donors (Lipinski definition) is 2. The number of nitrogen functional groups attached to an aromatic ring is 1. The van der Waals surface area contributed by atoms with Crippen LogP contribution in [0.1, 0.15) is 16.2 Å². The molecule has 1 heterocycles. The molecule has 0 aliphatic heterocycles. The fraction of sp³-hybridized carbons (Fsp3) is 0.0588. The number of nitrogens with two attached hydrogens (primary N) is 1. The second-order valence-corrected chi connectivity index (χ2v) is 6.28. The standard InChI is InChI=1S/C17H13FIN5O2/c18-10-5-7-11(8-6-10)21-17-23-14(22-16(20)24-17)9-26-15(25)12-3-1-2-4-13(12)19/h1-8H,9H2,(H3,20,21,22,23,24). The molecule has 0 amide bonds. The highest BCUT2D eigenvalue weighted by Gasteiger charge is 2.13. The molecule has 0 radical (unpaired) electrons. The van der Waals surface area contributed by atoms with Crippen molar-refractivity contribution in [2.75, 3.05) is 11.1 Å². The van der Waals surface area contributed by atoms with Gasteiger partial charge in [-0.15, -0.1) is 0 Å². The lowest BCUT2D eigenvalue weighted by Crippen LogP contribution is -2.12. The Labute approximate surface area is 162 Å². The number of carbonyl (C=O) groups excluding carboxylic acids is 1. The van der Waals surface area contributed by atoms with Crippen LogP contribution in [-0.4, -0.2) is 20.9 Å². The first-order chi connectivity index (χ1) is 12.5. The summed E-state index contributed by atoms with van der Waals surface area (Å²) in [5.74, 6) is -0.494. The topological polar surface area (TPSA) is 103 Å². The smallest absolute Gasteiger partial charge is 0.339 e. The number of ether oxygens (including phenoxy) is 1. The lowest BCUT2D eigenvalue weighted by Gasteiger charge is -2.08. The van der Waals surface area contributed by atoms with E-state index in [-0.39, 0.29) is 30.1 Å². The van der Waals surface area contributed by atoms with E-state index in [0.717, 1.165) is 3.57 Å². The van der Waals surface area contributed by atoms with Gasteiger partial charge in [0.2, 0.25) is 11.9 Å². The number of esters is 1. The van der Waals surface area contributed by atoms with Crippen molar-refractivity contribution < 1.29 is 13.9 Å². The summed E-state index contributed by atoms with van der Waals surface area (Å²) in [7, 11) is 0. The van der Waals surface area contributed by atoms with E-state index in [4.69, 9.17) is 10.5 Å². The van der Waals surface area contributed by atoms with Crippen molar-refractivity contribution in [1.82, 2.24) is 15.0 Å². The number of nitrogens with zero attached hydrogens (tertiary/aromatic N) is 3. The molecule has 0 saturated heterocycles. The summed E-state index contributed by atoms with van der Waals surface area (Å²) in [5.41, 5.74) is 6.72. The van der Waals surface area contributed by atoms with Crippen molar-refractivity contribution in [3.63, 3.8) is 0 Å². The van der Waals surface area contributed by atoms with E-state index in [1.807, 2.05) is 12.1 Å². The molecule has 0 aliphatic carbocycles. The molecular weight excluding hydrogens is 452 g/mol. The normalized spacial score (nSPS) is 10.4. The summed E-state index contributed by atoms with van der Waals surface area (Å²) in [6, 6.07) is 12.7. The van der Waals surface area contributed by atoms with Gasteiger partial charge < -0.3 is 15.8 Å². The number of aromatic nitrogens is 3. The Kier molecular flexibility index (Phi) is 5.56. The van der Waals surface area contributed by atoms with E-state index >= 15 is 0 Å². The van der Waals surface area contributed by atoms with Gasteiger partial charge in [-0.2, -0.15) is 15.0 Å². The monoisotopic (exact) mass is 465 g/mol. The largest absolute Gasteiger partial charge is 0.454 e. The van der Waals surface area contributed by atoms with Crippen molar-refractivity contribution in [3.05, 3.63) is 69.3 Å². The first-order valence-corrected chi connectivity index (χ1v) is 8.54. The Morgan fingerprint density at radius 3 is 2.58 bits per heavy atom. The predicted octanol–water partition coefficient (Wildman–Crippen LogP) is 3.30. The van der Waals surface area contributed by atoms with Crippen LogP contribution in [0.4, 0.5) is 22.0 Å². The SMILES string of the molecule is Nc1nc(COC(=O)c2ccccc2I)nc(Nc2ccc(F)cc2)n1. The van der Waals surface area contributed by atoms with Crippen LogP contribution in [-0.2, 0) is 11.3 Å². The van der Waals surface area contributed by atoms with E-state index < -0.39 is 5.97 Å². The minimum Gasteiger partial charge on any atom is -0.454 e. The van der Waals surface area contributed by atoms with Gasteiger partial charge in [0.1, 0.15) is 5.82 Å².